The van der Waals surface area contributed by atoms with E-state index in [4.69, 9.17) is 28.4 Å². The molecule has 29 nitrogen and oxygen atoms in total. The molecular formula is C75H98N12O17S. The lowest BCUT2D eigenvalue weighted by Crippen LogP contribution is -2.52. The predicted octanol–water partition coefficient (Wildman–Crippen LogP) is 7.96. The van der Waals surface area contributed by atoms with Crippen LogP contribution in [0.2, 0.25) is 0 Å². The zero-order valence-electron chi connectivity index (χ0n) is 62.2. The summed E-state index contributed by atoms with van der Waals surface area (Å²) < 4.78 is 42.4. The molecule has 3 atom stereocenters. The second-order valence-electron chi connectivity index (χ2n) is 27.0. The molecule has 0 bridgehead atoms. The molecule has 6 heterocycles. The van der Waals surface area contributed by atoms with E-state index in [0.29, 0.717) is 136 Å². The number of amides is 5. The van der Waals surface area contributed by atoms with Crippen molar-refractivity contribution in [2.45, 2.75) is 159 Å². The Bertz CT molecular complexity index is 4110. The summed E-state index contributed by atoms with van der Waals surface area (Å²) in [7, 11) is 0. The molecule has 0 saturated carbocycles. The van der Waals surface area contributed by atoms with E-state index in [1.165, 1.54) is 18.7 Å². The number of nitrogens with one attached hydrogen (secondary N) is 6. The lowest BCUT2D eigenvalue weighted by Gasteiger charge is -2.37. The number of aromatic nitrogens is 4. The Labute approximate surface area is 615 Å². The molecule has 2 aromatic carbocycles. The summed E-state index contributed by atoms with van der Waals surface area (Å²) >= 11 is 0.893. The van der Waals surface area contributed by atoms with Gasteiger partial charge in [0.1, 0.15) is 12.4 Å². The van der Waals surface area contributed by atoms with Crippen molar-refractivity contribution in [1.29, 1.82) is 0 Å². The van der Waals surface area contributed by atoms with Gasteiger partial charge in [-0.05, 0) is 161 Å². The van der Waals surface area contributed by atoms with Crippen molar-refractivity contribution in [2.24, 2.45) is 0 Å². The maximum Gasteiger partial charge on any atom is 0.347 e. The highest BCUT2D eigenvalue weighted by molar-refractivity contribution is 6.99. The molecule has 3 aliphatic heterocycles. The van der Waals surface area contributed by atoms with Gasteiger partial charge in [-0.1, -0.05) is 33.8 Å². The van der Waals surface area contributed by atoms with Crippen molar-refractivity contribution in [1.82, 2.24) is 38.7 Å². The van der Waals surface area contributed by atoms with E-state index < -0.39 is 72.6 Å². The zero-order valence-corrected chi connectivity index (χ0v) is 63.0. The Hall–Kier alpha value is -9.91. The monoisotopic (exact) mass is 1470 g/mol. The molecule has 566 valence electrons. The molecular weight excluding hydrogens is 1370 g/mol. The number of aryl methyl sites for hydroxylation is 2. The smallest absolute Gasteiger partial charge is 0.347 e. The van der Waals surface area contributed by atoms with Crippen molar-refractivity contribution in [3.63, 3.8) is 0 Å². The minimum Gasteiger partial charge on any atom is -0.470 e. The van der Waals surface area contributed by atoms with E-state index >= 15 is 0 Å². The van der Waals surface area contributed by atoms with E-state index in [-0.39, 0.29) is 74.0 Å². The second kappa shape index (κ2) is 37.2. The first kappa shape index (κ1) is 80.8. The fraction of sp³-hybridized carbons (Fsp3) is 0.507. The molecule has 1 saturated heterocycles. The summed E-state index contributed by atoms with van der Waals surface area (Å²) in [6, 6.07) is 9.97. The van der Waals surface area contributed by atoms with Gasteiger partial charge in [0.15, 0.2) is 30.7 Å². The maximum absolute atomic E-state index is 14.1. The van der Waals surface area contributed by atoms with Gasteiger partial charge in [0.25, 0.3) is 29.5 Å². The maximum atomic E-state index is 14.1. The van der Waals surface area contributed by atoms with Crippen LogP contribution < -0.4 is 30.9 Å². The molecule has 1 fully saturated rings. The van der Waals surface area contributed by atoms with E-state index in [9.17, 15) is 52.7 Å². The minimum atomic E-state index is -1.53. The van der Waals surface area contributed by atoms with E-state index in [1.807, 2.05) is 18.7 Å². The molecule has 30 heteroatoms. The Morgan fingerprint density at radius 1 is 0.695 bits per heavy atom. The fourth-order valence-corrected chi connectivity index (χ4v) is 13.1. The predicted molar refractivity (Wildman–Crippen MR) is 396 cm³/mol. The number of esters is 4. The van der Waals surface area contributed by atoms with Gasteiger partial charge in [0.05, 0.1) is 61.0 Å². The van der Waals surface area contributed by atoms with Gasteiger partial charge in [-0.2, -0.15) is 4.37 Å². The molecule has 3 aliphatic rings. The third kappa shape index (κ3) is 21.6. The SMILES string of the molecule is CCN(CC)CCCC(=O)c1c(C)[nH]c(/C=C2\C(=O)Nc3ccc(CC(=O)CCC(=O)OC(C)C(=O)OCC(=O)N(C[C@@H](COc4nsnc4N4CCOCC4)OC(=O)C(C)OC(=O)CCC(=O)Nc4ccc5c(c4)/C(=C/c4[nH]c(C)c(C(=O)NCCN(CC)CC)c4C)C(=O)N5)C(C)(C)C)cc32)c1C. The van der Waals surface area contributed by atoms with Gasteiger partial charge in [-0.3, -0.25) is 43.2 Å². The standard InChI is InChI=1S/C75H98N12O17S/c1-14-84(15-2)29-18-19-61(89)66-43(5)59(77-45(66)7)38-55-53-36-49(20-23-57(53)80-69(55)94)35-51(88)22-26-64(92)102-47(9)73(97)101-42-63(91)87(75(11,12)13)40-52(41-100-72-68(82-105-83-72)86-31-33-99-34-32-86)104-74(98)48(10)103-65(93)27-25-62(90)79-50-21-24-58-54(37-50)56(70(95)81-58)39-60-44(6)67(46(8)78-60)71(96)76-28-30-85(16-3)17-4/h20-21,23-24,36-39,47-48,52,77-78H,14-19,22,25-35,40-42H2,1-13H3,(H,76,96)(H,79,90)(H,80,94)(H,81,95)/b55-38-,56-39-/t47?,48?,52-/m0/s1. The van der Waals surface area contributed by atoms with Crippen LogP contribution in [0.1, 0.15) is 172 Å². The molecule has 3 aromatic heterocycles. The number of ketones is 2. The van der Waals surface area contributed by atoms with Crippen LogP contribution in [-0.2, 0) is 73.3 Å². The van der Waals surface area contributed by atoms with Gasteiger partial charge >= 0.3 is 23.9 Å². The zero-order chi connectivity index (χ0) is 76.4. The summed E-state index contributed by atoms with van der Waals surface area (Å²) in [4.78, 5) is 162. The quantitative estimate of drug-likeness (QED) is 0.00950. The van der Waals surface area contributed by atoms with Crippen LogP contribution >= 0.6 is 11.7 Å². The molecule has 105 heavy (non-hydrogen) atoms. The summed E-state index contributed by atoms with van der Waals surface area (Å²) in [5.41, 5.74) is 7.67. The Morgan fingerprint density at radius 2 is 1.27 bits per heavy atom. The average molecular weight is 1470 g/mol. The lowest BCUT2D eigenvalue weighted by atomic mass is 9.98. The number of likely N-dealkylation sites (N-methyl/N-ethyl adjacent to an activating group) is 1. The topological polar surface area (TPSA) is 362 Å². The van der Waals surface area contributed by atoms with E-state index in [0.717, 1.165) is 56.4 Å². The highest BCUT2D eigenvalue weighted by Gasteiger charge is 2.36. The number of rotatable bonds is 37. The van der Waals surface area contributed by atoms with Crippen LogP contribution in [-0.4, -0.2) is 214 Å². The molecule has 5 aromatic rings. The number of nitrogens with zero attached hydrogens (tertiary/aromatic N) is 6. The Kier molecular flexibility index (Phi) is 28.6. The third-order valence-electron chi connectivity index (χ3n) is 18.5. The first-order valence-corrected chi connectivity index (χ1v) is 36.4. The van der Waals surface area contributed by atoms with E-state index in [2.05, 4.69) is 77.5 Å². The van der Waals surface area contributed by atoms with Crippen molar-refractivity contribution >= 4 is 123 Å². The van der Waals surface area contributed by atoms with Gasteiger partial charge in [0, 0.05) is 114 Å². The number of fused-ring (bicyclic) bond motifs is 2. The number of carbonyl (C=O) groups is 11. The molecule has 5 amide bonds. The van der Waals surface area contributed by atoms with E-state index in [1.54, 1.807) is 83.2 Å². The van der Waals surface area contributed by atoms with Gasteiger partial charge in [-0.25, -0.2) is 9.59 Å². The van der Waals surface area contributed by atoms with Crippen molar-refractivity contribution < 1.29 is 81.2 Å². The number of carbonyl (C=O) groups excluding carboxylic acids is 11. The van der Waals surface area contributed by atoms with Crippen molar-refractivity contribution in [2.75, 3.05) is 113 Å². The average Bonchev–Trinajstić information content (AvgIpc) is 1.65. The highest BCUT2D eigenvalue weighted by atomic mass is 32.1. The van der Waals surface area contributed by atoms with Crippen LogP contribution in [0.5, 0.6) is 5.88 Å². The van der Waals surface area contributed by atoms with Gasteiger partial charge in [-0.15, -0.1) is 4.37 Å². The summed E-state index contributed by atoms with van der Waals surface area (Å²) in [5, 5.41) is 11.4. The largest absolute Gasteiger partial charge is 0.470 e. The normalized spacial score (nSPS) is 15.0. The molecule has 0 radical (unpaired) electrons. The Morgan fingerprint density at radius 3 is 1.89 bits per heavy atom. The fourth-order valence-electron chi connectivity index (χ4n) is 12.5. The second-order valence-corrected chi connectivity index (χ2v) is 27.5. The molecule has 0 spiro atoms. The molecule has 6 N–H and O–H groups in total. The molecule has 0 aliphatic carbocycles. The van der Waals surface area contributed by atoms with Crippen LogP contribution in [0.4, 0.5) is 22.9 Å². The molecule has 2 unspecified atom stereocenters. The first-order valence-electron chi connectivity index (χ1n) is 35.6. The third-order valence-corrected chi connectivity index (χ3v) is 19.0. The highest BCUT2D eigenvalue weighted by Crippen LogP contribution is 2.38. The number of anilines is 4. The summed E-state index contributed by atoms with van der Waals surface area (Å²) in [5.74, 6) is -5.91. The summed E-state index contributed by atoms with van der Waals surface area (Å²) in [6.45, 7) is 29.0. The number of benzene rings is 2. The Balaban J connectivity index is 0.828. The van der Waals surface area contributed by atoms with Crippen LogP contribution in [0.3, 0.4) is 0 Å². The number of hydrogen-bond donors (Lipinski definition) is 6. The number of hydrogen-bond acceptors (Lipinski definition) is 23. The number of Topliss-reactive ketones (excluding diaryl/α,β-unsaturated/α-hetero) is 2. The summed E-state index contributed by atoms with van der Waals surface area (Å²) in [6.07, 6.45) is -1.34. The minimum absolute atomic E-state index is 0.0272. The number of ether oxygens (including phenoxy) is 6. The number of morpholine rings is 1. The number of H-pyrrole nitrogens is 2. The first-order chi connectivity index (χ1) is 50.0. The van der Waals surface area contributed by atoms with Gasteiger partial charge < -0.3 is 79.3 Å². The van der Waals surface area contributed by atoms with Crippen LogP contribution in [0.25, 0.3) is 23.3 Å². The van der Waals surface area contributed by atoms with Crippen LogP contribution in [0.15, 0.2) is 36.4 Å². The number of aromatic amines is 2. The van der Waals surface area contributed by atoms with Crippen LogP contribution in [0, 0.1) is 27.7 Å². The van der Waals surface area contributed by atoms with Crippen molar-refractivity contribution in [3.8, 4) is 5.88 Å². The van der Waals surface area contributed by atoms with Crippen molar-refractivity contribution in [3.05, 3.63) is 98.1 Å². The molecule has 8 rings (SSSR count). The van der Waals surface area contributed by atoms with Gasteiger partial charge in [0.2, 0.25) is 11.7 Å². The lowest BCUT2D eigenvalue weighted by molar-refractivity contribution is -0.174.